The van der Waals surface area contributed by atoms with E-state index in [0.717, 1.165) is 16.5 Å². The molecule has 0 saturated heterocycles. The minimum Gasteiger partial charge on any atom is -0.494 e. The van der Waals surface area contributed by atoms with E-state index in [1.165, 1.54) is 17.6 Å². The van der Waals surface area contributed by atoms with Crippen molar-refractivity contribution in [1.82, 2.24) is 4.57 Å². The zero-order valence-electron chi connectivity index (χ0n) is 15.0. The molecular weight excluding hydrogens is 392 g/mol. The van der Waals surface area contributed by atoms with Gasteiger partial charge in [-0.15, -0.1) is 0 Å². The van der Waals surface area contributed by atoms with Crippen LogP contribution in [-0.4, -0.2) is 51.6 Å². The molecule has 146 valence electrons. The van der Waals surface area contributed by atoms with Gasteiger partial charge in [-0.05, 0) is 25.1 Å². The maximum absolute atomic E-state index is 12.4. The molecule has 0 saturated carbocycles. The highest BCUT2D eigenvalue weighted by atomic mass is 32.2. The highest BCUT2D eigenvalue weighted by Gasteiger charge is 2.16. The van der Waals surface area contributed by atoms with Crippen LogP contribution in [0.15, 0.2) is 40.1 Å². The second-order valence-electron chi connectivity index (χ2n) is 5.75. The predicted molar refractivity (Wildman–Crippen MR) is 100.0 cm³/mol. The summed E-state index contributed by atoms with van der Waals surface area (Å²) in [6.45, 7) is 4.08. The van der Waals surface area contributed by atoms with Crippen LogP contribution in [0, 0.1) is 0 Å². The Morgan fingerprint density at radius 1 is 1.37 bits per heavy atom. The molecular formula is C17H20N2O6S2. The molecule has 1 aliphatic heterocycles. The summed E-state index contributed by atoms with van der Waals surface area (Å²) in [6, 6.07) is 4.86. The number of hydrogen-bond donors (Lipinski definition) is 0. The third-order valence-electron chi connectivity index (χ3n) is 3.80. The van der Waals surface area contributed by atoms with Gasteiger partial charge in [-0.1, -0.05) is 11.3 Å². The molecule has 0 bridgehead atoms. The van der Waals surface area contributed by atoms with E-state index in [0.29, 0.717) is 37.8 Å². The van der Waals surface area contributed by atoms with E-state index in [1.807, 2.05) is 11.5 Å². The molecule has 10 heteroatoms. The number of amides is 1. The number of carbonyl (C=O) groups excluding carboxylic acids is 1. The van der Waals surface area contributed by atoms with Crippen molar-refractivity contribution in [3.05, 3.63) is 35.0 Å². The Labute approximate surface area is 160 Å². The van der Waals surface area contributed by atoms with Crippen LogP contribution in [-0.2, 0) is 35.4 Å². The van der Waals surface area contributed by atoms with Crippen molar-refractivity contribution in [1.29, 1.82) is 0 Å². The van der Waals surface area contributed by atoms with E-state index >= 15 is 0 Å². The van der Waals surface area contributed by atoms with E-state index < -0.39 is 15.7 Å². The van der Waals surface area contributed by atoms with Gasteiger partial charge in [-0.3, -0.25) is 4.79 Å². The third kappa shape index (κ3) is 4.57. The summed E-state index contributed by atoms with van der Waals surface area (Å²) in [5, 5.41) is 0. The third-order valence-corrected chi connectivity index (χ3v) is 5.95. The number of thiazole rings is 1. The molecule has 1 aliphatic rings. The zero-order valence-corrected chi connectivity index (χ0v) is 16.6. The Morgan fingerprint density at radius 2 is 2.19 bits per heavy atom. The fraction of sp³-hybridized carbons (Fsp3) is 0.412. The lowest BCUT2D eigenvalue weighted by molar-refractivity contribution is -0.119. The number of nitrogens with zero attached hydrogens (tertiary/aromatic N) is 2. The van der Waals surface area contributed by atoms with Gasteiger partial charge in [-0.25, -0.2) is 8.42 Å². The molecule has 0 radical (unpaired) electrons. The van der Waals surface area contributed by atoms with Crippen molar-refractivity contribution >= 4 is 37.3 Å². The number of rotatable bonds is 6. The Morgan fingerprint density at radius 3 is 2.85 bits per heavy atom. The number of ether oxygens (including phenoxy) is 3. The number of carbonyl (C=O) groups is 1. The Kier molecular flexibility index (Phi) is 5.98. The largest absolute Gasteiger partial charge is 0.494 e. The van der Waals surface area contributed by atoms with Gasteiger partial charge < -0.3 is 18.8 Å². The Balaban J connectivity index is 2.08. The summed E-state index contributed by atoms with van der Waals surface area (Å²) in [5.41, 5.74) is 0.786. The lowest BCUT2D eigenvalue weighted by atomic mass is 10.3. The van der Waals surface area contributed by atoms with E-state index in [1.54, 1.807) is 18.2 Å². The molecule has 0 aliphatic carbocycles. The summed E-state index contributed by atoms with van der Waals surface area (Å²) in [5.74, 6) is -0.498. The van der Waals surface area contributed by atoms with Crippen molar-refractivity contribution < 1.29 is 27.4 Å². The minimum atomic E-state index is -3.33. The molecule has 2 aromatic rings. The van der Waals surface area contributed by atoms with Crippen molar-refractivity contribution in [2.45, 2.75) is 18.4 Å². The van der Waals surface area contributed by atoms with Gasteiger partial charge in [0.1, 0.15) is 19.5 Å². The first-order valence-electron chi connectivity index (χ1n) is 8.35. The molecule has 8 nitrogen and oxygen atoms in total. The van der Waals surface area contributed by atoms with Crippen LogP contribution in [0.3, 0.4) is 0 Å². The molecule has 2 heterocycles. The van der Waals surface area contributed by atoms with Gasteiger partial charge in [0.25, 0.3) is 0 Å². The molecule has 0 atom stereocenters. The van der Waals surface area contributed by atoms with Crippen LogP contribution in [0.5, 0.6) is 0 Å². The molecule has 1 aromatic heterocycles. The quantitative estimate of drug-likeness (QED) is 0.667. The number of fused-ring (bicyclic) bond motifs is 1. The van der Waals surface area contributed by atoms with Crippen molar-refractivity contribution in [2.75, 3.05) is 32.7 Å². The topological polar surface area (TPSA) is 96.2 Å². The summed E-state index contributed by atoms with van der Waals surface area (Å²) in [7, 11) is -3.33. The summed E-state index contributed by atoms with van der Waals surface area (Å²) < 4.78 is 42.0. The van der Waals surface area contributed by atoms with Crippen molar-refractivity contribution in [3.63, 3.8) is 0 Å². The second kappa shape index (κ2) is 8.24. The van der Waals surface area contributed by atoms with Gasteiger partial charge in [0.15, 0.2) is 14.6 Å². The number of sulfone groups is 1. The maximum atomic E-state index is 12.4. The average molecular weight is 412 g/mol. The van der Waals surface area contributed by atoms with Crippen molar-refractivity contribution in [3.8, 4) is 0 Å². The molecule has 27 heavy (non-hydrogen) atoms. The van der Waals surface area contributed by atoms with Gasteiger partial charge in [0, 0.05) is 19.4 Å². The van der Waals surface area contributed by atoms with E-state index in [-0.39, 0.29) is 10.7 Å². The fourth-order valence-electron chi connectivity index (χ4n) is 2.51. The first kappa shape index (κ1) is 19.6. The lowest BCUT2D eigenvalue weighted by Crippen LogP contribution is -2.21. The molecule has 0 N–H and O–H groups in total. The Hall–Kier alpha value is -2.17. The first-order valence-corrected chi connectivity index (χ1v) is 11.1. The average Bonchev–Trinajstić information content (AvgIpc) is 2.98. The number of aromatic nitrogens is 1. The normalized spacial score (nSPS) is 15.3. The molecule has 0 spiro atoms. The van der Waals surface area contributed by atoms with Crippen LogP contribution in [0.1, 0.15) is 6.92 Å². The van der Waals surface area contributed by atoms with Crippen molar-refractivity contribution in [2.24, 2.45) is 4.99 Å². The van der Waals surface area contributed by atoms with Gasteiger partial charge in [0.05, 0.1) is 21.7 Å². The maximum Gasteiger partial charge on any atom is 0.317 e. The summed E-state index contributed by atoms with van der Waals surface area (Å²) in [4.78, 5) is 17.2. The van der Waals surface area contributed by atoms with E-state index in [4.69, 9.17) is 14.2 Å². The van der Waals surface area contributed by atoms with Gasteiger partial charge >= 0.3 is 5.91 Å². The van der Waals surface area contributed by atoms with Crippen LogP contribution < -0.4 is 4.80 Å². The van der Waals surface area contributed by atoms with Crippen LogP contribution in [0.4, 0.5) is 0 Å². The number of hydrogen-bond acceptors (Lipinski definition) is 7. The molecule has 1 aromatic carbocycles. The zero-order chi connectivity index (χ0) is 19.4. The highest BCUT2D eigenvalue weighted by molar-refractivity contribution is 7.90. The smallest absolute Gasteiger partial charge is 0.317 e. The standard InChI is InChI=1S/C17H20N2O6S2/c1-3-23-7-6-19-13-5-4-12(27(2,21)22)10-15(13)26-17(19)18-16(20)14-11-24-8-9-25-14/h4-5,10-11H,3,6-9H2,1-2H3. The molecule has 0 fully saturated rings. The van der Waals surface area contributed by atoms with Crippen LogP contribution >= 0.6 is 11.3 Å². The lowest BCUT2D eigenvalue weighted by Gasteiger charge is -2.12. The summed E-state index contributed by atoms with van der Waals surface area (Å²) >= 11 is 1.24. The number of benzene rings is 1. The fourth-order valence-corrected chi connectivity index (χ4v) is 4.32. The molecule has 0 unspecified atom stereocenters. The minimum absolute atomic E-state index is 0.0480. The highest BCUT2D eigenvalue weighted by Crippen LogP contribution is 2.22. The van der Waals surface area contributed by atoms with E-state index in [9.17, 15) is 13.2 Å². The molecule has 3 rings (SSSR count). The Bertz CT molecular complexity index is 1050. The first-order chi connectivity index (χ1) is 12.9. The van der Waals surface area contributed by atoms with E-state index in [2.05, 4.69) is 4.99 Å². The molecule has 1 amide bonds. The van der Waals surface area contributed by atoms with Gasteiger partial charge in [0.2, 0.25) is 5.76 Å². The SMILES string of the molecule is CCOCCn1c(=NC(=O)C2=COCCO2)sc2cc(S(C)(=O)=O)ccc21. The van der Waals surface area contributed by atoms with Crippen LogP contribution in [0.2, 0.25) is 0 Å². The van der Waals surface area contributed by atoms with Gasteiger partial charge in [-0.2, -0.15) is 4.99 Å². The van der Waals surface area contributed by atoms with Crippen LogP contribution in [0.25, 0.3) is 10.2 Å². The summed E-state index contributed by atoms with van der Waals surface area (Å²) in [6.07, 6.45) is 2.42. The predicted octanol–water partition coefficient (Wildman–Crippen LogP) is 1.46. The monoisotopic (exact) mass is 412 g/mol. The second-order valence-corrected chi connectivity index (χ2v) is 8.78.